The Morgan fingerprint density at radius 2 is 2.08 bits per heavy atom. The van der Waals surface area contributed by atoms with Gasteiger partial charge in [0.1, 0.15) is 11.9 Å². The molecule has 2 heterocycles. The topological polar surface area (TPSA) is 79.4 Å². The highest BCUT2D eigenvalue weighted by Crippen LogP contribution is 2.41. The van der Waals surface area contributed by atoms with E-state index in [9.17, 15) is 23.3 Å². The van der Waals surface area contributed by atoms with E-state index >= 15 is 0 Å². The molecule has 26 heavy (non-hydrogen) atoms. The lowest BCUT2D eigenvalue weighted by molar-refractivity contribution is -0.389. The third-order valence-electron chi connectivity index (χ3n) is 3.59. The summed E-state index contributed by atoms with van der Waals surface area (Å²) in [4.78, 5) is 14.1. The number of hydrogen-bond acceptors (Lipinski definition) is 6. The van der Waals surface area contributed by atoms with Crippen LogP contribution in [0.1, 0.15) is 12.5 Å². The van der Waals surface area contributed by atoms with Crippen LogP contribution in [0.15, 0.2) is 35.6 Å². The smallest absolute Gasteiger partial charge is 0.406 e. The van der Waals surface area contributed by atoms with E-state index in [2.05, 4.69) is 9.72 Å². The largest absolute Gasteiger partial charge is 0.573 e. The Morgan fingerprint density at radius 1 is 1.38 bits per heavy atom. The Bertz CT molecular complexity index is 784. The maximum absolute atomic E-state index is 12.1. The van der Waals surface area contributed by atoms with Crippen LogP contribution in [0.5, 0.6) is 5.75 Å². The van der Waals surface area contributed by atoms with Gasteiger partial charge in [0.05, 0.1) is 18.0 Å². The second-order valence-corrected chi connectivity index (χ2v) is 7.56. The molecule has 1 unspecified atom stereocenters. The summed E-state index contributed by atoms with van der Waals surface area (Å²) in [7, 11) is 0. The standard InChI is InChI=1S/C15H14F3N3O4S/c1-14(8-20-6-12(21(22)23)19-13(20)26-14)9-24-7-10-2-4-11(5-3-10)25-15(16,17)18/h2-6H,7-9H2,1H3. The van der Waals surface area contributed by atoms with Crippen molar-refractivity contribution in [2.75, 3.05) is 6.61 Å². The molecule has 1 aromatic heterocycles. The van der Waals surface area contributed by atoms with Crippen molar-refractivity contribution in [3.63, 3.8) is 0 Å². The van der Waals surface area contributed by atoms with Crippen LogP contribution in [0, 0.1) is 10.1 Å². The third kappa shape index (κ3) is 4.47. The van der Waals surface area contributed by atoms with Gasteiger partial charge < -0.3 is 19.6 Å². The van der Waals surface area contributed by atoms with E-state index in [-0.39, 0.29) is 22.9 Å². The maximum atomic E-state index is 12.1. The van der Waals surface area contributed by atoms with E-state index in [0.717, 1.165) is 0 Å². The molecule has 0 radical (unpaired) electrons. The lowest BCUT2D eigenvalue weighted by Gasteiger charge is -2.21. The zero-order chi connectivity index (χ0) is 18.9. The lowest BCUT2D eigenvalue weighted by Crippen LogP contribution is -2.27. The van der Waals surface area contributed by atoms with Crippen LogP contribution in [0.2, 0.25) is 0 Å². The normalized spacial score (nSPS) is 19.4. The molecule has 140 valence electrons. The van der Waals surface area contributed by atoms with Gasteiger partial charge in [-0.15, -0.1) is 13.2 Å². The van der Waals surface area contributed by atoms with Gasteiger partial charge in [-0.05, 0) is 46.3 Å². The summed E-state index contributed by atoms with van der Waals surface area (Å²) >= 11 is 1.40. The van der Waals surface area contributed by atoms with E-state index in [4.69, 9.17) is 4.74 Å². The fourth-order valence-electron chi connectivity index (χ4n) is 2.53. The van der Waals surface area contributed by atoms with Crippen molar-refractivity contribution in [2.45, 2.75) is 36.3 Å². The highest BCUT2D eigenvalue weighted by Gasteiger charge is 2.39. The molecular weight excluding hydrogens is 375 g/mol. The molecule has 1 aliphatic heterocycles. The molecule has 3 rings (SSSR count). The summed E-state index contributed by atoms with van der Waals surface area (Å²) in [6.45, 7) is 3.06. The Morgan fingerprint density at radius 3 is 2.65 bits per heavy atom. The van der Waals surface area contributed by atoms with Crippen molar-refractivity contribution in [1.82, 2.24) is 9.55 Å². The van der Waals surface area contributed by atoms with Gasteiger partial charge in [0, 0.05) is 6.54 Å². The van der Waals surface area contributed by atoms with Crippen LogP contribution in [-0.2, 0) is 17.9 Å². The van der Waals surface area contributed by atoms with Crippen molar-refractivity contribution in [3.05, 3.63) is 46.1 Å². The fraction of sp³-hybridized carbons (Fsp3) is 0.400. The molecule has 0 spiro atoms. The van der Waals surface area contributed by atoms with Gasteiger partial charge in [-0.2, -0.15) is 0 Å². The Labute approximate surface area is 150 Å². The van der Waals surface area contributed by atoms with Crippen molar-refractivity contribution < 1.29 is 27.6 Å². The summed E-state index contributed by atoms with van der Waals surface area (Å²) in [6.07, 6.45) is -3.32. The minimum absolute atomic E-state index is 0.184. The lowest BCUT2D eigenvalue weighted by atomic mass is 10.2. The van der Waals surface area contributed by atoms with Crippen molar-refractivity contribution in [1.29, 1.82) is 0 Å². The predicted molar refractivity (Wildman–Crippen MR) is 85.9 cm³/mol. The molecular formula is C15H14F3N3O4S. The number of alkyl halides is 3. The third-order valence-corrected chi connectivity index (χ3v) is 4.84. The highest BCUT2D eigenvalue weighted by molar-refractivity contribution is 8.00. The van der Waals surface area contributed by atoms with Gasteiger partial charge in [0.25, 0.3) is 5.16 Å². The van der Waals surface area contributed by atoms with Crippen LogP contribution in [0.25, 0.3) is 0 Å². The zero-order valence-corrected chi connectivity index (χ0v) is 14.3. The van der Waals surface area contributed by atoms with Crippen LogP contribution in [0.4, 0.5) is 19.0 Å². The average Bonchev–Trinajstić information content (AvgIpc) is 3.03. The van der Waals surface area contributed by atoms with Gasteiger partial charge in [0.15, 0.2) is 0 Å². The van der Waals surface area contributed by atoms with Crippen molar-refractivity contribution in [2.24, 2.45) is 0 Å². The van der Waals surface area contributed by atoms with E-state index < -0.39 is 11.3 Å². The second-order valence-electron chi connectivity index (χ2n) is 6.00. The highest BCUT2D eigenvalue weighted by atomic mass is 32.2. The summed E-state index contributed by atoms with van der Waals surface area (Å²) in [5.74, 6) is -0.469. The molecule has 11 heteroatoms. The molecule has 2 aromatic rings. The van der Waals surface area contributed by atoms with Crippen LogP contribution >= 0.6 is 11.8 Å². The minimum atomic E-state index is -4.72. The van der Waals surface area contributed by atoms with Crippen LogP contribution in [0.3, 0.4) is 0 Å². The molecule has 0 fully saturated rings. The number of nitro groups is 1. The summed E-state index contributed by atoms with van der Waals surface area (Å²) in [5, 5.41) is 11.3. The molecule has 1 aliphatic rings. The average molecular weight is 389 g/mol. The number of fused-ring (bicyclic) bond motifs is 1. The quantitative estimate of drug-likeness (QED) is 0.553. The number of benzene rings is 1. The van der Waals surface area contributed by atoms with Crippen molar-refractivity contribution in [3.8, 4) is 5.75 Å². The molecule has 0 amide bonds. The van der Waals surface area contributed by atoms with Gasteiger partial charge >= 0.3 is 12.2 Å². The van der Waals surface area contributed by atoms with E-state index in [1.54, 1.807) is 4.57 Å². The predicted octanol–water partition coefficient (Wildman–Crippen LogP) is 3.77. The number of nitrogens with zero attached hydrogens (tertiary/aromatic N) is 3. The maximum Gasteiger partial charge on any atom is 0.573 e. The van der Waals surface area contributed by atoms with Gasteiger partial charge in [-0.3, -0.25) is 4.57 Å². The number of thioether (sulfide) groups is 1. The molecule has 7 nitrogen and oxygen atoms in total. The molecule has 0 bridgehead atoms. The fourth-order valence-corrected chi connectivity index (χ4v) is 3.69. The first kappa shape index (κ1) is 18.5. The van der Waals surface area contributed by atoms with E-state index in [1.165, 1.54) is 42.2 Å². The molecule has 1 atom stereocenters. The van der Waals surface area contributed by atoms with Gasteiger partial charge in [-0.1, -0.05) is 12.1 Å². The van der Waals surface area contributed by atoms with Gasteiger partial charge in [-0.25, -0.2) is 0 Å². The Kier molecular flexibility index (Phi) is 4.84. The molecule has 1 aromatic carbocycles. The Balaban J connectivity index is 1.50. The van der Waals surface area contributed by atoms with Crippen LogP contribution in [-0.4, -0.2) is 32.2 Å². The minimum Gasteiger partial charge on any atom is -0.406 e. The number of rotatable bonds is 6. The number of aromatic nitrogens is 2. The number of hydrogen-bond donors (Lipinski definition) is 0. The number of ether oxygens (including phenoxy) is 2. The molecule has 0 N–H and O–H groups in total. The summed E-state index contributed by atoms with van der Waals surface area (Å²) in [5.41, 5.74) is 0.708. The molecule has 0 saturated carbocycles. The first-order valence-corrected chi connectivity index (χ1v) is 8.28. The van der Waals surface area contributed by atoms with E-state index in [1.807, 2.05) is 6.92 Å². The summed E-state index contributed by atoms with van der Waals surface area (Å²) < 4.78 is 47.2. The number of imidazole rings is 1. The number of halogens is 3. The Hall–Kier alpha value is -2.27. The SMILES string of the molecule is CC1(COCc2ccc(OC(F)(F)F)cc2)Cn2cc([N+](=O)[O-])nc2S1. The van der Waals surface area contributed by atoms with Crippen molar-refractivity contribution >= 4 is 17.6 Å². The monoisotopic (exact) mass is 389 g/mol. The second kappa shape index (κ2) is 6.80. The van der Waals surface area contributed by atoms with Gasteiger partial charge in [0.2, 0.25) is 0 Å². The first-order chi connectivity index (χ1) is 12.1. The summed E-state index contributed by atoms with van der Waals surface area (Å²) in [6, 6.07) is 5.46. The zero-order valence-electron chi connectivity index (χ0n) is 13.5. The molecule has 0 saturated heterocycles. The van der Waals surface area contributed by atoms with Crippen LogP contribution < -0.4 is 4.74 Å². The molecule has 0 aliphatic carbocycles. The first-order valence-electron chi connectivity index (χ1n) is 7.47. The van der Waals surface area contributed by atoms with E-state index in [0.29, 0.717) is 23.9 Å².